The van der Waals surface area contributed by atoms with Gasteiger partial charge < -0.3 is 24.1 Å². The highest BCUT2D eigenvalue weighted by atomic mass is 16.6. The zero-order chi connectivity index (χ0) is 28.5. The summed E-state index contributed by atoms with van der Waals surface area (Å²) in [6.07, 6.45) is 3.75. The van der Waals surface area contributed by atoms with Crippen LogP contribution in [0.5, 0.6) is 0 Å². The van der Waals surface area contributed by atoms with Crippen LogP contribution in [0.4, 0.5) is 0 Å². The summed E-state index contributed by atoms with van der Waals surface area (Å²) in [5.74, 6) is -0.722. The van der Waals surface area contributed by atoms with Gasteiger partial charge in [-0.15, -0.1) is 0 Å². The predicted molar refractivity (Wildman–Crippen MR) is 142 cm³/mol. The van der Waals surface area contributed by atoms with E-state index in [0.29, 0.717) is 31.6 Å². The molecule has 1 saturated carbocycles. The zero-order valence-corrected chi connectivity index (χ0v) is 24.7. The molecule has 9 atom stereocenters. The molecule has 2 saturated heterocycles. The van der Waals surface area contributed by atoms with Crippen molar-refractivity contribution in [3.63, 3.8) is 0 Å². The average Bonchev–Trinajstić information content (AvgIpc) is 3.16. The second-order valence-electron chi connectivity index (χ2n) is 13.0. The summed E-state index contributed by atoms with van der Waals surface area (Å²) in [4.78, 5) is 37.3. The Bertz CT molecular complexity index is 868. The number of carbonyl (C=O) groups excluding carboxylic acids is 3. The Hall–Kier alpha value is -1.67. The number of aliphatic hydroxyl groups is 1. The number of ether oxygens (including phenoxy) is 4. The maximum atomic E-state index is 12.7. The van der Waals surface area contributed by atoms with Crippen molar-refractivity contribution < 1.29 is 38.4 Å². The molecule has 1 N–H and O–H groups in total. The SMILES string of the molecule is CCCCCC(=O)O[C@@H]1CC[C@](C)(OC(C)=O)[C@H]2O[C@@H](C[C@@]1(C)O)[C@H]1[C@@H]2[C@H](C(C)C)CC[C@]1(C)OC(C)=O. The van der Waals surface area contributed by atoms with Gasteiger partial charge in [0.15, 0.2) is 0 Å². The van der Waals surface area contributed by atoms with Crippen LogP contribution >= 0.6 is 0 Å². The van der Waals surface area contributed by atoms with Gasteiger partial charge in [-0.05, 0) is 64.7 Å². The molecule has 38 heavy (non-hydrogen) atoms. The highest BCUT2D eigenvalue weighted by Crippen LogP contribution is 2.58. The van der Waals surface area contributed by atoms with Crippen LogP contribution in [0, 0.1) is 23.7 Å². The number of hydrogen-bond acceptors (Lipinski definition) is 8. The van der Waals surface area contributed by atoms with Crippen LogP contribution in [-0.4, -0.2) is 58.1 Å². The third kappa shape index (κ3) is 6.55. The third-order valence-electron chi connectivity index (χ3n) is 9.34. The van der Waals surface area contributed by atoms with Crippen molar-refractivity contribution in [1.82, 2.24) is 0 Å². The molecule has 8 heteroatoms. The zero-order valence-electron chi connectivity index (χ0n) is 24.7. The highest BCUT2D eigenvalue weighted by molar-refractivity contribution is 5.69. The molecule has 3 rings (SSSR count). The maximum absolute atomic E-state index is 12.7. The highest BCUT2D eigenvalue weighted by Gasteiger charge is 2.65. The fourth-order valence-corrected chi connectivity index (χ4v) is 7.62. The van der Waals surface area contributed by atoms with Crippen molar-refractivity contribution in [2.75, 3.05) is 0 Å². The summed E-state index contributed by atoms with van der Waals surface area (Å²) in [6, 6.07) is 0. The first-order valence-electron chi connectivity index (χ1n) is 14.6. The van der Waals surface area contributed by atoms with E-state index < -0.39 is 41.1 Å². The van der Waals surface area contributed by atoms with E-state index >= 15 is 0 Å². The molecule has 218 valence electrons. The van der Waals surface area contributed by atoms with E-state index in [-0.39, 0.29) is 36.1 Å². The van der Waals surface area contributed by atoms with E-state index in [4.69, 9.17) is 18.9 Å². The lowest BCUT2D eigenvalue weighted by Crippen LogP contribution is -2.58. The molecule has 3 fully saturated rings. The molecule has 2 aliphatic heterocycles. The van der Waals surface area contributed by atoms with E-state index in [2.05, 4.69) is 20.8 Å². The second kappa shape index (κ2) is 11.8. The second-order valence-corrected chi connectivity index (χ2v) is 13.0. The van der Waals surface area contributed by atoms with Crippen molar-refractivity contribution in [3.8, 4) is 0 Å². The van der Waals surface area contributed by atoms with Crippen LogP contribution in [0.2, 0.25) is 0 Å². The minimum absolute atomic E-state index is 0.0357. The lowest BCUT2D eigenvalue weighted by molar-refractivity contribution is -0.185. The average molecular weight is 539 g/mol. The minimum atomic E-state index is -1.38. The maximum Gasteiger partial charge on any atom is 0.306 e. The Kier molecular flexibility index (Phi) is 9.61. The van der Waals surface area contributed by atoms with Gasteiger partial charge in [0.1, 0.15) is 29.0 Å². The first-order chi connectivity index (χ1) is 17.6. The van der Waals surface area contributed by atoms with Gasteiger partial charge in [0.2, 0.25) is 0 Å². The molecule has 0 unspecified atom stereocenters. The van der Waals surface area contributed by atoms with E-state index in [1.54, 1.807) is 6.92 Å². The van der Waals surface area contributed by atoms with Crippen molar-refractivity contribution in [3.05, 3.63) is 0 Å². The Labute approximate surface area is 228 Å². The van der Waals surface area contributed by atoms with E-state index in [1.165, 1.54) is 13.8 Å². The molecule has 8 nitrogen and oxygen atoms in total. The smallest absolute Gasteiger partial charge is 0.306 e. The van der Waals surface area contributed by atoms with E-state index in [1.807, 2.05) is 13.8 Å². The summed E-state index contributed by atoms with van der Waals surface area (Å²) < 4.78 is 24.7. The number of rotatable bonds is 8. The van der Waals surface area contributed by atoms with Crippen LogP contribution in [0.15, 0.2) is 0 Å². The number of unbranched alkanes of at least 4 members (excludes halogenated alkanes) is 2. The van der Waals surface area contributed by atoms with Crippen LogP contribution < -0.4 is 0 Å². The molecule has 2 heterocycles. The normalized spacial score (nSPS) is 40.9. The van der Waals surface area contributed by atoms with Crippen molar-refractivity contribution in [1.29, 1.82) is 0 Å². The van der Waals surface area contributed by atoms with E-state index in [9.17, 15) is 19.5 Å². The van der Waals surface area contributed by atoms with Gasteiger partial charge in [0.25, 0.3) is 0 Å². The summed E-state index contributed by atoms with van der Waals surface area (Å²) in [7, 11) is 0. The standard InChI is InChI=1S/C30H50O8/c1-9-10-11-12-24(33)36-23-14-16-30(8,38-20(5)32)27-25-21(18(2)3)13-15-29(7,37-19(4)31)26(25)22(35-27)17-28(23,6)34/h18,21-23,25-27,34H,9-17H2,1-8H3/t21-,22-,23+,25-,26-,27-,28+,29-,30-/m0/s1. The van der Waals surface area contributed by atoms with Crippen molar-refractivity contribution in [2.45, 2.75) is 148 Å². The van der Waals surface area contributed by atoms with Gasteiger partial charge in [-0.1, -0.05) is 33.6 Å². The van der Waals surface area contributed by atoms with E-state index in [0.717, 1.165) is 25.7 Å². The van der Waals surface area contributed by atoms with Crippen molar-refractivity contribution >= 4 is 17.9 Å². The summed E-state index contributed by atoms with van der Waals surface area (Å²) >= 11 is 0. The molecule has 0 aromatic rings. The molecular formula is C30H50O8. The lowest BCUT2D eigenvalue weighted by atomic mass is 9.57. The van der Waals surface area contributed by atoms with Crippen LogP contribution in [0.25, 0.3) is 0 Å². The molecule has 2 bridgehead atoms. The van der Waals surface area contributed by atoms with Crippen LogP contribution in [0.3, 0.4) is 0 Å². The Balaban J connectivity index is 2.05. The fraction of sp³-hybridized carbons (Fsp3) is 0.900. The predicted octanol–water partition coefficient (Wildman–Crippen LogP) is 5.12. The quantitative estimate of drug-likeness (QED) is 0.258. The number of fused-ring (bicyclic) bond motifs is 5. The molecule has 0 amide bonds. The molecular weight excluding hydrogens is 488 g/mol. The van der Waals surface area contributed by atoms with Gasteiger partial charge >= 0.3 is 17.9 Å². The molecule has 3 aliphatic rings. The minimum Gasteiger partial charge on any atom is -0.459 e. The Morgan fingerprint density at radius 3 is 2.16 bits per heavy atom. The lowest BCUT2D eigenvalue weighted by Gasteiger charge is -2.51. The Morgan fingerprint density at radius 1 is 0.974 bits per heavy atom. The largest absolute Gasteiger partial charge is 0.459 e. The fourth-order valence-electron chi connectivity index (χ4n) is 7.62. The third-order valence-corrected chi connectivity index (χ3v) is 9.34. The number of carbonyl (C=O) groups is 3. The van der Waals surface area contributed by atoms with Gasteiger partial charge in [-0.2, -0.15) is 0 Å². The monoisotopic (exact) mass is 538 g/mol. The van der Waals surface area contributed by atoms with Gasteiger partial charge in [-0.3, -0.25) is 14.4 Å². The summed E-state index contributed by atoms with van der Waals surface area (Å²) in [5, 5.41) is 11.8. The topological polar surface area (TPSA) is 108 Å². The van der Waals surface area contributed by atoms with Gasteiger partial charge in [-0.25, -0.2) is 0 Å². The van der Waals surface area contributed by atoms with Crippen LogP contribution in [0.1, 0.15) is 113 Å². The summed E-state index contributed by atoms with van der Waals surface area (Å²) in [5.41, 5.74) is -3.17. The molecule has 0 radical (unpaired) electrons. The molecule has 0 spiro atoms. The molecule has 1 aliphatic carbocycles. The van der Waals surface area contributed by atoms with Gasteiger partial charge in [0, 0.05) is 38.5 Å². The number of hydrogen-bond donors (Lipinski definition) is 1. The first kappa shape index (κ1) is 30.9. The summed E-state index contributed by atoms with van der Waals surface area (Å²) in [6.45, 7) is 14.8. The van der Waals surface area contributed by atoms with Crippen LogP contribution in [-0.2, 0) is 33.3 Å². The number of esters is 3. The van der Waals surface area contributed by atoms with Gasteiger partial charge in [0.05, 0.1) is 6.10 Å². The first-order valence-corrected chi connectivity index (χ1v) is 14.6. The molecule has 0 aromatic carbocycles. The Morgan fingerprint density at radius 2 is 1.58 bits per heavy atom. The molecule has 0 aromatic heterocycles. The van der Waals surface area contributed by atoms with Crippen molar-refractivity contribution in [2.24, 2.45) is 23.7 Å².